The van der Waals surface area contributed by atoms with Gasteiger partial charge in [0.25, 0.3) is 5.91 Å². The first kappa shape index (κ1) is 16.7. The van der Waals surface area contributed by atoms with Gasteiger partial charge in [0.2, 0.25) is 5.91 Å². The minimum Gasteiger partial charge on any atom is -0.361 e. The second kappa shape index (κ2) is 7.17. The fraction of sp³-hybridized carbons (Fsp3) is 0.471. The van der Waals surface area contributed by atoms with E-state index in [1.165, 1.54) is 11.3 Å². The summed E-state index contributed by atoms with van der Waals surface area (Å²) < 4.78 is 5.13. The molecule has 3 rings (SSSR count). The van der Waals surface area contributed by atoms with Crippen molar-refractivity contribution in [1.29, 1.82) is 0 Å². The molecule has 0 atom stereocenters. The van der Waals surface area contributed by atoms with Crippen LogP contribution in [0.4, 0.5) is 0 Å². The molecule has 0 spiro atoms. The van der Waals surface area contributed by atoms with E-state index >= 15 is 0 Å². The molecular formula is C17H21N3O3S. The van der Waals surface area contributed by atoms with Crippen molar-refractivity contribution in [3.05, 3.63) is 39.4 Å². The van der Waals surface area contributed by atoms with Gasteiger partial charge in [-0.3, -0.25) is 9.59 Å². The van der Waals surface area contributed by atoms with Crippen molar-refractivity contribution in [3.8, 4) is 0 Å². The van der Waals surface area contributed by atoms with E-state index in [0.29, 0.717) is 38.4 Å². The third-order valence-electron chi connectivity index (χ3n) is 4.38. The number of aromatic nitrogens is 1. The largest absolute Gasteiger partial charge is 0.361 e. The Hall–Kier alpha value is -2.15. The Morgan fingerprint density at radius 1 is 1.21 bits per heavy atom. The van der Waals surface area contributed by atoms with E-state index < -0.39 is 0 Å². The van der Waals surface area contributed by atoms with Gasteiger partial charge in [-0.25, -0.2) is 0 Å². The second-order valence-corrected chi connectivity index (χ2v) is 6.93. The summed E-state index contributed by atoms with van der Waals surface area (Å²) in [5, 5.41) is 5.81. The maximum absolute atomic E-state index is 12.6. The number of hydrogen-bond acceptors (Lipinski definition) is 5. The fourth-order valence-corrected chi connectivity index (χ4v) is 3.63. The molecule has 0 radical (unpaired) electrons. The highest BCUT2D eigenvalue weighted by atomic mass is 32.1. The smallest absolute Gasteiger partial charge is 0.263 e. The van der Waals surface area contributed by atoms with Gasteiger partial charge >= 0.3 is 0 Å². The van der Waals surface area contributed by atoms with Crippen LogP contribution in [0, 0.1) is 13.8 Å². The molecule has 1 fully saturated rings. The van der Waals surface area contributed by atoms with Crippen LogP contribution in [0.3, 0.4) is 0 Å². The van der Waals surface area contributed by atoms with Gasteiger partial charge in [-0.05, 0) is 31.7 Å². The average molecular weight is 347 g/mol. The maximum atomic E-state index is 12.6. The minimum absolute atomic E-state index is 0.0602. The minimum atomic E-state index is 0.0602. The van der Waals surface area contributed by atoms with Gasteiger partial charge in [-0.15, -0.1) is 11.3 Å². The van der Waals surface area contributed by atoms with E-state index in [-0.39, 0.29) is 11.8 Å². The first-order valence-electron chi connectivity index (χ1n) is 8.08. The number of carbonyl (C=O) groups excluding carboxylic acids is 2. The molecule has 0 N–H and O–H groups in total. The highest BCUT2D eigenvalue weighted by molar-refractivity contribution is 7.12. The number of amides is 2. The summed E-state index contributed by atoms with van der Waals surface area (Å²) in [5.41, 5.74) is 1.64. The van der Waals surface area contributed by atoms with Crippen LogP contribution in [0.25, 0.3) is 0 Å². The molecule has 0 unspecified atom stereocenters. The lowest BCUT2D eigenvalue weighted by molar-refractivity contribution is -0.130. The van der Waals surface area contributed by atoms with E-state index in [4.69, 9.17) is 4.52 Å². The Labute approximate surface area is 145 Å². The van der Waals surface area contributed by atoms with Crippen molar-refractivity contribution < 1.29 is 14.1 Å². The van der Waals surface area contributed by atoms with Crippen LogP contribution in [0.2, 0.25) is 0 Å². The van der Waals surface area contributed by atoms with E-state index in [9.17, 15) is 9.59 Å². The molecule has 0 bridgehead atoms. The summed E-state index contributed by atoms with van der Waals surface area (Å²) in [7, 11) is 0. The van der Waals surface area contributed by atoms with Gasteiger partial charge in [-0.1, -0.05) is 11.2 Å². The quantitative estimate of drug-likeness (QED) is 0.854. The van der Waals surface area contributed by atoms with Crippen LogP contribution in [-0.2, 0) is 11.2 Å². The number of nitrogens with zero attached hydrogens (tertiary/aromatic N) is 3. The van der Waals surface area contributed by atoms with Crippen LogP contribution >= 0.6 is 11.3 Å². The third-order valence-corrected chi connectivity index (χ3v) is 5.23. The van der Waals surface area contributed by atoms with Crippen LogP contribution in [0.5, 0.6) is 0 Å². The number of carbonyl (C=O) groups is 2. The highest BCUT2D eigenvalue weighted by Gasteiger charge is 2.24. The van der Waals surface area contributed by atoms with Gasteiger partial charge in [-0.2, -0.15) is 0 Å². The summed E-state index contributed by atoms with van der Waals surface area (Å²) in [4.78, 5) is 29.5. The molecule has 6 nitrogen and oxygen atoms in total. The Morgan fingerprint density at radius 2 is 1.96 bits per heavy atom. The van der Waals surface area contributed by atoms with Crippen LogP contribution in [0.15, 0.2) is 22.0 Å². The van der Waals surface area contributed by atoms with Crippen molar-refractivity contribution in [2.75, 3.05) is 26.2 Å². The van der Waals surface area contributed by atoms with Crippen LogP contribution in [-0.4, -0.2) is 52.9 Å². The van der Waals surface area contributed by atoms with E-state index in [1.54, 1.807) is 0 Å². The molecule has 2 aromatic heterocycles. The SMILES string of the molecule is Cc1noc(C)c1CC(=O)N1CCCN(C(=O)c2cccs2)CC1. The second-order valence-electron chi connectivity index (χ2n) is 5.98. The Morgan fingerprint density at radius 3 is 2.62 bits per heavy atom. The number of rotatable bonds is 3. The van der Waals surface area contributed by atoms with E-state index in [1.807, 2.05) is 41.2 Å². The predicted octanol–water partition coefficient (Wildman–Crippen LogP) is 2.27. The average Bonchev–Trinajstić information content (AvgIpc) is 3.13. The van der Waals surface area contributed by atoms with Crippen molar-refractivity contribution in [2.24, 2.45) is 0 Å². The summed E-state index contributed by atoms with van der Waals surface area (Å²) in [6.45, 7) is 6.18. The zero-order chi connectivity index (χ0) is 17.1. The first-order valence-corrected chi connectivity index (χ1v) is 8.96. The van der Waals surface area contributed by atoms with E-state index in [0.717, 1.165) is 22.6 Å². The van der Waals surface area contributed by atoms with E-state index in [2.05, 4.69) is 5.16 Å². The van der Waals surface area contributed by atoms with Gasteiger partial charge in [0.05, 0.1) is 17.0 Å². The summed E-state index contributed by atoms with van der Waals surface area (Å²) in [6.07, 6.45) is 1.10. The predicted molar refractivity (Wildman–Crippen MR) is 91.1 cm³/mol. The standard InChI is InChI=1S/C17H21N3O3S/c1-12-14(13(2)23-18-12)11-16(21)19-6-4-7-20(9-8-19)17(22)15-5-3-10-24-15/h3,5,10H,4,6-9,11H2,1-2H3. The van der Waals surface area contributed by atoms with Crippen molar-refractivity contribution in [2.45, 2.75) is 26.7 Å². The first-order chi connectivity index (χ1) is 11.6. The maximum Gasteiger partial charge on any atom is 0.263 e. The summed E-state index contributed by atoms with van der Waals surface area (Å²) in [5.74, 6) is 0.824. The number of aryl methyl sites for hydroxylation is 2. The Bertz CT molecular complexity index is 704. The van der Waals surface area contributed by atoms with Crippen molar-refractivity contribution in [3.63, 3.8) is 0 Å². The lowest BCUT2D eigenvalue weighted by Gasteiger charge is -2.22. The van der Waals surface area contributed by atoms with Gasteiger partial charge in [0.15, 0.2) is 0 Å². The number of thiophene rings is 1. The van der Waals surface area contributed by atoms with Crippen LogP contribution in [0.1, 0.15) is 33.1 Å². The molecule has 0 saturated carbocycles. The Kier molecular flexibility index (Phi) is 4.99. The fourth-order valence-electron chi connectivity index (χ4n) is 2.94. The lowest BCUT2D eigenvalue weighted by Crippen LogP contribution is -2.37. The molecule has 2 amide bonds. The summed E-state index contributed by atoms with van der Waals surface area (Å²) >= 11 is 1.46. The number of hydrogen-bond donors (Lipinski definition) is 0. The summed E-state index contributed by atoms with van der Waals surface area (Å²) in [6, 6.07) is 3.73. The van der Waals surface area contributed by atoms with Crippen molar-refractivity contribution in [1.82, 2.24) is 15.0 Å². The molecule has 1 aliphatic rings. The third kappa shape index (κ3) is 3.51. The molecule has 24 heavy (non-hydrogen) atoms. The van der Waals surface area contributed by atoms with Crippen LogP contribution < -0.4 is 0 Å². The van der Waals surface area contributed by atoms with Gasteiger partial charge < -0.3 is 14.3 Å². The normalized spacial score (nSPS) is 15.4. The lowest BCUT2D eigenvalue weighted by atomic mass is 10.1. The molecule has 1 aliphatic heterocycles. The molecule has 2 aromatic rings. The Balaban J connectivity index is 1.61. The highest BCUT2D eigenvalue weighted by Crippen LogP contribution is 2.17. The molecule has 0 aromatic carbocycles. The zero-order valence-corrected chi connectivity index (χ0v) is 14.8. The topological polar surface area (TPSA) is 66.7 Å². The molecule has 0 aliphatic carbocycles. The van der Waals surface area contributed by atoms with Gasteiger partial charge in [0, 0.05) is 31.7 Å². The molecule has 3 heterocycles. The molecular weight excluding hydrogens is 326 g/mol. The molecule has 128 valence electrons. The molecule has 7 heteroatoms. The molecule has 1 saturated heterocycles. The monoisotopic (exact) mass is 347 g/mol. The van der Waals surface area contributed by atoms with Gasteiger partial charge in [0.1, 0.15) is 5.76 Å². The van der Waals surface area contributed by atoms with Crippen molar-refractivity contribution >= 4 is 23.2 Å². The zero-order valence-electron chi connectivity index (χ0n) is 13.9.